The summed E-state index contributed by atoms with van der Waals surface area (Å²) in [5.41, 5.74) is 8.16. The average Bonchev–Trinajstić information content (AvgIpc) is 2.74. The summed E-state index contributed by atoms with van der Waals surface area (Å²) in [4.78, 5) is 0. The van der Waals surface area contributed by atoms with Crippen molar-refractivity contribution in [3.8, 4) is 5.69 Å². The maximum Gasteiger partial charge on any atom is 0.151 e. The summed E-state index contributed by atoms with van der Waals surface area (Å²) in [5, 5.41) is 4.18. The molecule has 2 N–H and O–H groups in total. The van der Waals surface area contributed by atoms with Crippen LogP contribution in [0.25, 0.3) is 5.69 Å². The maximum atomic E-state index is 13.7. The quantitative estimate of drug-likeness (QED) is 0.843. The number of nitrogens with zero attached hydrogens (tertiary/aromatic N) is 2. The number of hydrogen-bond donors (Lipinski definition) is 1. The molecular weight excluding hydrogens is 236 g/mol. The minimum absolute atomic E-state index is 0.0361. The van der Waals surface area contributed by atoms with E-state index in [2.05, 4.69) is 5.10 Å². The summed E-state index contributed by atoms with van der Waals surface area (Å²) in [5.74, 6) is -1.20. The Morgan fingerprint density at radius 1 is 1.33 bits per heavy atom. The van der Waals surface area contributed by atoms with Crippen molar-refractivity contribution in [2.45, 2.75) is 25.3 Å². The van der Waals surface area contributed by atoms with Crippen LogP contribution in [-0.2, 0) is 6.42 Å². The second-order valence-corrected chi connectivity index (χ2v) is 4.55. The first kappa shape index (κ1) is 11.3. The van der Waals surface area contributed by atoms with Crippen molar-refractivity contribution in [2.24, 2.45) is 5.73 Å². The number of benzene rings is 1. The van der Waals surface area contributed by atoms with E-state index >= 15 is 0 Å². The van der Waals surface area contributed by atoms with Gasteiger partial charge in [-0.25, -0.2) is 13.5 Å². The Morgan fingerprint density at radius 3 is 2.94 bits per heavy atom. The minimum Gasteiger partial charge on any atom is -0.324 e. The van der Waals surface area contributed by atoms with Crippen LogP contribution in [0, 0.1) is 11.6 Å². The first-order valence-electron chi connectivity index (χ1n) is 5.94. The van der Waals surface area contributed by atoms with Crippen LogP contribution in [-0.4, -0.2) is 9.78 Å². The minimum atomic E-state index is -0.611. The first-order valence-corrected chi connectivity index (χ1v) is 5.94. The van der Waals surface area contributed by atoms with Gasteiger partial charge in [0.25, 0.3) is 0 Å². The van der Waals surface area contributed by atoms with Gasteiger partial charge in [0, 0.05) is 23.4 Å². The molecule has 0 radical (unpaired) electrons. The molecular formula is C13H13F2N3. The molecule has 1 aliphatic rings. The Kier molecular flexibility index (Phi) is 2.63. The Bertz CT molecular complexity index is 592. The zero-order chi connectivity index (χ0) is 12.7. The molecule has 0 bridgehead atoms. The Labute approximate surface area is 103 Å². The molecule has 0 fully saturated rings. The number of aromatic nitrogens is 2. The molecule has 0 amide bonds. The van der Waals surface area contributed by atoms with Crippen LogP contribution in [0.3, 0.4) is 0 Å². The van der Waals surface area contributed by atoms with Gasteiger partial charge in [0.2, 0.25) is 0 Å². The van der Waals surface area contributed by atoms with Crippen molar-refractivity contribution in [3.05, 3.63) is 47.3 Å². The summed E-state index contributed by atoms with van der Waals surface area (Å²) >= 11 is 0. The molecule has 0 saturated heterocycles. The Hall–Kier alpha value is -1.75. The third-order valence-corrected chi connectivity index (χ3v) is 3.37. The monoisotopic (exact) mass is 249 g/mol. The van der Waals surface area contributed by atoms with Gasteiger partial charge in [0.1, 0.15) is 11.5 Å². The van der Waals surface area contributed by atoms with Gasteiger partial charge in [0.15, 0.2) is 5.82 Å². The molecule has 1 unspecified atom stereocenters. The zero-order valence-corrected chi connectivity index (χ0v) is 9.74. The van der Waals surface area contributed by atoms with E-state index in [1.165, 1.54) is 16.8 Å². The van der Waals surface area contributed by atoms with Crippen LogP contribution in [0.4, 0.5) is 8.78 Å². The fourth-order valence-corrected chi connectivity index (χ4v) is 2.45. The standard InChI is InChI=1S/C13H13F2N3/c14-8-4-5-13(10(15)6-8)18-12-3-1-2-11(16)9(12)7-17-18/h4-7,11H,1-3,16H2. The van der Waals surface area contributed by atoms with Crippen LogP contribution in [0.15, 0.2) is 24.4 Å². The highest BCUT2D eigenvalue weighted by atomic mass is 19.1. The third kappa shape index (κ3) is 1.71. The van der Waals surface area contributed by atoms with Gasteiger partial charge in [-0.05, 0) is 31.4 Å². The lowest BCUT2D eigenvalue weighted by atomic mass is 9.94. The van der Waals surface area contributed by atoms with E-state index < -0.39 is 11.6 Å². The van der Waals surface area contributed by atoms with E-state index in [9.17, 15) is 8.78 Å². The van der Waals surface area contributed by atoms with Crippen LogP contribution >= 0.6 is 0 Å². The molecule has 0 saturated carbocycles. The summed E-state index contributed by atoms with van der Waals surface area (Å²) < 4.78 is 28.2. The van der Waals surface area contributed by atoms with Crippen LogP contribution in [0.2, 0.25) is 0 Å². The van der Waals surface area contributed by atoms with Crippen molar-refractivity contribution in [3.63, 3.8) is 0 Å². The van der Waals surface area contributed by atoms with Crippen LogP contribution < -0.4 is 5.73 Å². The Balaban J connectivity index is 2.12. The molecule has 1 aromatic carbocycles. The molecule has 3 rings (SSSR count). The van der Waals surface area contributed by atoms with Crippen molar-refractivity contribution in [2.75, 3.05) is 0 Å². The molecule has 94 valence electrons. The largest absolute Gasteiger partial charge is 0.324 e. The fourth-order valence-electron chi connectivity index (χ4n) is 2.45. The molecule has 0 aliphatic heterocycles. The summed E-state index contributed by atoms with van der Waals surface area (Å²) in [7, 11) is 0. The van der Waals surface area contributed by atoms with Gasteiger partial charge in [-0.3, -0.25) is 0 Å². The molecule has 2 aromatic rings. The van der Waals surface area contributed by atoms with Crippen molar-refractivity contribution >= 4 is 0 Å². The molecule has 5 heteroatoms. The molecule has 18 heavy (non-hydrogen) atoms. The van der Waals surface area contributed by atoms with Gasteiger partial charge in [-0.15, -0.1) is 0 Å². The number of hydrogen-bond acceptors (Lipinski definition) is 2. The third-order valence-electron chi connectivity index (χ3n) is 3.37. The topological polar surface area (TPSA) is 43.8 Å². The van der Waals surface area contributed by atoms with Gasteiger partial charge in [0.05, 0.1) is 6.20 Å². The van der Waals surface area contributed by atoms with Gasteiger partial charge in [-0.2, -0.15) is 5.10 Å². The van der Waals surface area contributed by atoms with Crippen molar-refractivity contribution < 1.29 is 8.78 Å². The summed E-state index contributed by atoms with van der Waals surface area (Å²) in [6.45, 7) is 0. The van der Waals surface area contributed by atoms with Gasteiger partial charge < -0.3 is 5.73 Å². The normalized spacial score (nSPS) is 18.7. The molecule has 1 atom stereocenters. The van der Waals surface area contributed by atoms with Crippen LogP contribution in [0.5, 0.6) is 0 Å². The fraction of sp³-hybridized carbons (Fsp3) is 0.308. The highest BCUT2D eigenvalue weighted by molar-refractivity contribution is 5.38. The number of rotatable bonds is 1. The predicted molar refractivity (Wildman–Crippen MR) is 63.3 cm³/mol. The highest BCUT2D eigenvalue weighted by Crippen LogP contribution is 2.29. The Morgan fingerprint density at radius 2 is 2.17 bits per heavy atom. The highest BCUT2D eigenvalue weighted by Gasteiger charge is 2.22. The number of nitrogens with two attached hydrogens (primary N) is 1. The maximum absolute atomic E-state index is 13.7. The van der Waals surface area contributed by atoms with E-state index in [-0.39, 0.29) is 11.7 Å². The molecule has 1 aliphatic carbocycles. The molecule has 0 spiro atoms. The summed E-state index contributed by atoms with van der Waals surface area (Å²) in [6.07, 6.45) is 4.38. The lowest BCUT2D eigenvalue weighted by molar-refractivity contribution is 0.546. The molecule has 1 heterocycles. The van der Waals surface area contributed by atoms with Crippen LogP contribution in [0.1, 0.15) is 30.1 Å². The molecule has 1 aromatic heterocycles. The van der Waals surface area contributed by atoms with E-state index in [0.717, 1.165) is 36.6 Å². The second kappa shape index (κ2) is 4.17. The lowest BCUT2D eigenvalue weighted by Crippen LogP contribution is -2.18. The number of halogens is 2. The lowest BCUT2D eigenvalue weighted by Gasteiger charge is -2.19. The van der Waals surface area contributed by atoms with Crippen molar-refractivity contribution in [1.82, 2.24) is 9.78 Å². The number of fused-ring (bicyclic) bond motifs is 1. The molecule has 3 nitrogen and oxygen atoms in total. The SMILES string of the molecule is NC1CCCc2c1cnn2-c1ccc(F)cc1F. The van der Waals surface area contributed by atoms with E-state index in [4.69, 9.17) is 5.73 Å². The van der Waals surface area contributed by atoms with E-state index in [1.807, 2.05) is 0 Å². The average molecular weight is 249 g/mol. The summed E-state index contributed by atoms with van der Waals surface area (Å²) in [6, 6.07) is 3.46. The smallest absolute Gasteiger partial charge is 0.151 e. The van der Waals surface area contributed by atoms with Gasteiger partial charge in [-0.1, -0.05) is 0 Å². The first-order chi connectivity index (χ1) is 8.66. The van der Waals surface area contributed by atoms with E-state index in [1.54, 1.807) is 6.20 Å². The van der Waals surface area contributed by atoms with Crippen molar-refractivity contribution in [1.29, 1.82) is 0 Å². The predicted octanol–water partition coefficient (Wildman–Crippen LogP) is 2.49. The second-order valence-electron chi connectivity index (χ2n) is 4.55. The van der Waals surface area contributed by atoms with Gasteiger partial charge >= 0.3 is 0 Å². The van der Waals surface area contributed by atoms with E-state index in [0.29, 0.717) is 0 Å². The zero-order valence-electron chi connectivity index (χ0n) is 9.74.